The highest BCUT2D eigenvalue weighted by molar-refractivity contribution is 7.84. The summed E-state index contributed by atoms with van der Waals surface area (Å²) in [6.45, 7) is 2.47. The van der Waals surface area contributed by atoms with E-state index in [0.717, 1.165) is 5.56 Å². The van der Waals surface area contributed by atoms with Crippen molar-refractivity contribution >= 4 is 10.3 Å². The first-order valence-corrected chi connectivity index (χ1v) is 6.16. The Bertz CT molecular complexity index is 429. The lowest BCUT2D eigenvalue weighted by molar-refractivity contribution is 0.323. The van der Waals surface area contributed by atoms with Gasteiger partial charge in [0, 0.05) is 12.6 Å². The van der Waals surface area contributed by atoms with Gasteiger partial charge in [-0.2, -0.15) is 12.7 Å². The third-order valence-corrected chi connectivity index (χ3v) is 3.92. The molecular formula is C10H13NO3S. The highest BCUT2D eigenvalue weighted by atomic mass is 32.2. The summed E-state index contributed by atoms with van der Waals surface area (Å²) in [5.41, 5.74) is 0.971. The number of benzene rings is 1. The lowest BCUT2D eigenvalue weighted by Gasteiger charge is -2.16. The van der Waals surface area contributed by atoms with Crippen LogP contribution in [0.15, 0.2) is 30.3 Å². The Labute approximate surface area is 89.7 Å². The Hall–Kier alpha value is -0.910. The molecule has 0 radical (unpaired) electrons. The van der Waals surface area contributed by atoms with Crippen LogP contribution in [0.25, 0.3) is 0 Å². The SMILES string of the molecule is C[C@@H]1COS(=O)(=O)N1Cc1ccccc1. The Kier molecular flexibility index (Phi) is 2.77. The first kappa shape index (κ1) is 10.6. The van der Waals surface area contributed by atoms with Crippen LogP contribution in [-0.4, -0.2) is 25.4 Å². The molecule has 0 bridgehead atoms. The topological polar surface area (TPSA) is 46.6 Å². The van der Waals surface area contributed by atoms with Crippen molar-refractivity contribution in [3.63, 3.8) is 0 Å². The Morgan fingerprint density at radius 1 is 1.40 bits per heavy atom. The van der Waals surface area contributed by atoms with Gasteiger partial charge in [-0.25, -0.2) is 0 Å². The Balaban J connectivity index is 2.19. The fourth-order valence-electron chi connectivity index (χ4n) is 1.55. The minimum atomic E-state index is -3.50. The fraction of sp³-hybridized carbons (Fsp3) is 0.400. The molecule has 1 aliphatic heterocycles. The third-order valence-electron chi connectivity index (χ3n) is 2.42. The molecule has 5 heteroatoms. The highest BCUT2D eigenvalue weighted by Crippen LogP contribution is 2.20. The fourth-order valence-corrected chi connectivity index (χ4v) is 2.87. The molecule has 2 rings (SSSR count). The van der Waals surface area contributed by atoms with Crippen LogP contribution in [0, 0.1) is 0 Å². The molecule has 0 amide bonds. The van der Waals surface area contributed by atoms with E-state index in [1.165, 1.54) is 4.31 Å². The Morgan fingerprint density at radius 2 is 2.07 bits per heavy atom. The average molecular weight is 227 g/mol. The molecule has 1 heterocycles. The number of nitrogens with zero attached hydrogens (tertiary/aromatic N) is 1. The predicted molar refractivity (Wildman–Crippen MR) is 56.3 cm³/mol. The molecule has 0 unspecified atom stereocenters. The van der Waals surface area contributed by atoms with Crippen molar-refractivity contribution < 1.29 is 12.6 Å². The van der Waals surface area contributed by atoms with Gasteiger partial charge in [-0.1, -0.05) is 30.3 Å². The second kappa shape index (κ2) is 3.92. The van der Waals surface area contributed by atoms with E-state index < -0.39 is 10.3 Å². The van der Waals surface area contributed by atoms with Gasteiger partial charge in [0.1, 0.15) is 0 Å². The van der Waals surface area contributed by atoms with E-state index in [2.05, 4.69) is 0 Å². The van der Waals surface area contributed by atoms with Crippen molar-refractivity contribution in [3.8, 4) is 0 Å². The van der Waals surface area contributed by atoms with Gasteiger partial charge >= 0.3 is 10.3 Å². The van der Waals surface area contributed by atoms with Crippen molar-refractivity contribution in [3.05, 3.63) is 35.9 Å². The normalized spacial score (nSPS) is 25.5. The molecular weight excluding hydrogens is 214 g/mol. The van der Waals surface area contributed by atoms with Gasteiger partial charge in [0.05, 0.1) is 6.61 Å². The maximum Gasteiger partial charge on any atom is 0.339 e. The summed E-state index contributed by atoms with van der Waals surface area (Å²) < 4.78 is 29.1. The van der Waals surface area contributed by atoms with E-state index >= 15 is 0 Å². The van der Waals surface area contributed by atoms with Gasteiger partial charge in [-0.3, -0.25) is 4.18 Å². The molecule has 1 aliphatic rings. The molecule has 1 aromatic rings. The molecule has 1 fully saturated rings. The summed E-state index contributed by atoms with van der Waals surface area (Å²) >= 11 is 0. The maximum atomic E-state index is 11.5. The van der Waals surface area contributed by atoms with Gasteiger partial charge in [-0.15, -0.1) is 0 Å². The summed E-state index contributed by atoms with van der Waals surface area (Å²) in [7, 11) is -3.50. The van der Waals surface area contributed by atoms with E-state index in [1.54, 1.807) is 0 Å². The summed E-state index contributed by atoms with van der Waals surface area (Å²) in [5.74, 6) is 0. The van der Waals surface area contributed by atoms with Gasteiger partial charge in [0.15, 0.2) is 0 Å². The molecule has 82 valence electrons. The molecule has 0 N–H and O–H groups in total. The third kappa shape index (κ3) is 2.19. The standard InChI is InChI=1S/C10H13NO3S/c1-9-8-14-15(12,13)11(9)7-10-5-3-2-4-6-10/h2-6,9H,7-8H2,1H3/t9-/m1/s1. The summed E-state index contributed by atoms with van der Waals surface area (Å²) in [5, 5.41) is 0. The van der Waals surface area contributed by atoms with Crippen molar-refractivity contribution in [1.29, 1.82) is 0 Å². The molecule has 0 aliphatic carbocycles. The minimum absolute atomic E-state index is 0.0878. The molecule has 15 heavy (non-hydrogen) atoms. The van der Waals surface area contributed by atoms with E-state index in [1.807, 2.05) is 37.3 Å². The summed E-state index contributed by atoms with van der Waals surface area (Å²) in [4.78, 5) is 0. The van der Waals surface area contributed by atoms with Crippen molar-refractivity contribution in [1.82, 2.24) is 4.31 Å². The molecule has 1 aromatic carbocycles. The average Bonchev–Trinajstić information content (AvgIpc) is 2.47. The van der Waals surface area contributed by atoms with Crippen LogP contribution >= 0.6 is 0 Å². The molecule has 0 aromatic heterocycles. The number of rotatable bonds is 2. The van der Waals surface area contributed by atoms with Gasteiger partial charge in [-0.05, 0) is 12.5 Å². The van der Waals surface area contributed by atoms with Crippen molar-refractivity contribution in [2.75, 3.05) is 6.61 Å². The zero-order chi connectivity index (χ0) is 10.9. The van der Waals surface area contributed by atoms with Gasteiger partial charge in [0.25, 0.3) is 0 Å². The zero-order valence-electron chi connectivity index (χ0n) is 8.46. The maximum absolute atomic E-state index is 11.5. The minimum Gasteiger partial charge on any atom is -0.256 e. The van der Waals surface area contributed by atoms with E-state index in [0.29, 0.717) is 6.54 Å². The number of hydrogen-bond donors (Lipinski definition) is 0. The lowest BCUT2D eigenvalue weighted by Crippen LogP contribution is -2.31. The summed E-state index contributed by atoms with van der Waals surface area (Å²) in [6, 6.07) is 9.41. The van der Waals surface area contributed by atoms with Crippen LogP contribution < -0.4 is 0 Å². The molecule has 4 nitrogen and oxygen atoms in total. The van der Waals surface area contributed by atoms with Crippen LogP contribution in [0.1, 0.15) is 12.5 Å². The first-order valence-electron chi connectivity index (χ1n) is 4.80. The predicted octanol–water partition coefficient (Wildman–Crippen LogP) is 1.15. The second-order valence-corrected chi connectivity index (χ2v) is 5.18. The largest absolute Gasteiger partial charge is 0.339 e. The smallest absolute Gasteiger partial charge is 0.256 e. The monoisotopic (exact) mass is 227 g/mol. The number of hydrogen-bond acceptors (Lipinski definition) is 3. The Morgan fingerprint density at radius 3 is 2.60 bits per heavy atom. The quantitative estimate of drug-likeness (QED) is 0.761. The van der Waals surface area contributed by atoms with Crippen molar-refractivity contribution in [2.24, 2.45) is 0 Å². The second-order valence-electron chi connectivity index (χ2n) is 3.62. The molecule has 1 saturated heterocycles. The van der Waals surface area contributed by atoms with E-state index in [-0.39, 0.29) is 12.6 Å². The lowest BCUT2D eigenvalue weighted by atomic mass is 10.2. The van der Waals surface area contributed by atoms with E-state index in [9.17, 15) is 8.42 Å². The van der Waals surface area contributed by atoms with Crippen LogP contribution in [0.5, 0.6) is 0 Å². The van der Waals surface area contributed by atoms with Gasteiger partial charge < -0.3 is 0 Å². The van der Waals surface area contributed by atoms with Crippen LogP contribution in [-0.2, 0) is 21.0 Å². The molecule has 1 atom stereocenters. The van der Waals surface area contributed by atoms with Crippen LogP contribution in [0.4, 0.5) is 0 Å². The highest BCUT2D eigenvalue weighted by Gasteiger charge is 2.35. The summed E-state index contributed by atoms with van der Waals surface area (Å²) in [6.07, 6.45) is 0. The molecule has 0 saturated carbocycles. The zero-order valence-corrected chi connectivity index (χ0v) is 9.28. The van der Waals surface area contributed by atoms with Crippen LogP contribution in [0.3, 0.4) is 0 Å². The van der Waals surface area contributed by atoms with Crippen LogP contribution in [0.2, 0.25) is 0 Å². The van der Waals surface area contributed by atoms with Crippen molar-refractivity contribution in [2.45, 2.75) is 19.5 Å². The van der Waals surface area contributed by atoms with Gasteiger partial charge in [0.2, 0.25) is 0 Å². The molecule has 0 spiro atoms. The van der Waals surface area contributed by atoms with E-state index in [4.69, 9.17) is 4.18 Å². The first-order chi connectivity index (χ1) is 7.09.